The third-order valence-corrected chi connectivity index (χ3v) is 4.95. The lowest BCUT2D eigenvalue weighted by Gasteiger charge is -2.37. The minimum absolute atomic E-state index is 0.118. The summed E-state index contributed by atoms with van der Waals surface area (Å²) in [5, 5.41) is 18.1. The molecule has 1 aliphatic heterocycles. The minimum Gasteiger partial charge on any atom is -0.481 e. The summed E-state index contributed by atoms with van der Waals surface area (Å²) in [5.41, 5.74) is -0.284. The molecule has 120 valence electrons. The van der Waals surface area contributed by atoms with E-state index in [4.69, 9.17) is 5.11 Å². The lowest BCUT2D eigenvalue weighted by molar-refractivity contribution is -0.150. The SMILES string of the molecule is CC1(C(=O)O)CCCN(C(=O)c2ccc(SCCO)cc2)C1. The molecule has 1 saturated heterocycles. The third kappa shape index (κ3) is 3.81. The standard InChI is InChI=1S/C16H21NO4S/c1-16(15(20)21)7-2-8-17(11-16)14(19)12-3-5-13(6-4-12)22-10-9-18/h3-6,18H,2,7-11H2,1H3,(H,20,21). The van der Waals surface area contributed by atoms with Gasteiger partial charge in [-0.3, -0.25) is 9.59 Å². The molecule has 0 saturated carbocycles. The average Bonchev–Trinajstić information content (AvgIpc) is 2.52. The largest absolute Gasteiger partial charge is 0.481 e. The highest BCUT2D eigenvalue weighted by molar-refractivity contribution is 7.99. The zero-order chi connectivity index (χ0) is 16.2. The molecule has 1 unspecified atom stereocenters. The zero-order valence-electron chi connectivity index (χ0n) is 12.6. The van der Waals surface area contributed by atoms with Gasteiger partial charge in [0.1, 0.15) is 0 Å². The van der Waals surface area contributed by atoms with Gasteiger partial charge in [-0.25, -0.2) is 0 Å². The van der Waals surface area contributed by atoms with Crippen molar-refractivity contribution >= 4 is 23.6 Å². The highest BCUT2D eigenvalue weighted by Gasteiger charge is 2.39. The molecule has 1 heterocycles. The van der Waals surface area contributed by atoms with Gasteiger partial charge in [0.25, 0.3) is 5.91 Å². The normalized spacial score (nSPS) is 21.6. The number of hydrogen-bond donors (Lipinski definition) is 2. The van der Waals surface area contributed by atoms with Crippen LogP contribution in [-0.2, 0) is 4.79 Å². The maximum atomic E-state index is 12.5. The Morgan fingerprint density at radius 2 is 2.00 bits per heavy atom. The van der Waals surface area contributed by atoms with Crippen LogP contribution in [0.1, 0.15) is 30.1 Å². The molecular weight excluding hydrogens is 302 g/mol. The number of thioether (sulfide) groups is 1. The maximum absolute atomic E-state index is 12.5. The number of piperidine rings is 1. The second-order valence-corrected chi connectivity index (χ2v) is 6.96. The fraction of sp³-hybridized carbons (Fsp3) is 0.500. The van der Waals surface area contributed by atoms with E-state index in [1.165, 1.54) is 11.8 Å². The summed E-state index contributed by atoms with van der Waals surface area (Å²) in [7, 11) is 0. The van der Waals surface area contributed by atoms with Gasteiger partial charge in [0, 0.05) is 29.3 Å². The fourth-order valence-corrected chi connectivity index (χ4v) is 3.28. The van der Waals surface area contributed by atoms with E-state index in [9.17, 15) is 14.7 Å². The second kappa shape index (κ2) is 7.15. The topological polar surface area (TPSA) is 77.8 Å². The first-order chi connectivity index (χ1) is 10.5. The minimum atomic E-state index is -0.856. The Hall–Kier alpha value is -1.53. The first-order valence-electron chi connectivity index (χ1n) is 7.33. The van der Waals surface area contributed by atoms with Gasteiger partial charge in [0.2, 0.25) is 0 Å². The molecule has 5 nitrogen and oxygen atoms in total. The molecule has 6 heteroatoms. The van der Waals surface area contributed by atoms with Crippen LogP contribution in [0.5, 0.6) is 0 Å². The third-order valence-electron chi connectivity index (χ3n) is 3.96. The van der Waals surface area contributed by atoms with E-state index in [1.807, 2.05) is 12.1 Å². The number of hydrogen-bond acceptors (Lipinski definition) is 4. The number of aliphatic hydroxyl groups is 1. The average molecular weight is 323 g/mol. The van der Waals surface area contributed by atoms with Crippen molar-refractivity contribution < 1.29 is 19.8 Å². The van der Waals surface area contributed by atoms with Crippen LogP contribution < -0.4 is 0 Å². The van der Waals surface area contributed by atoms with Gasteiger partial charge in [-0.1, -0.05) is 0 Å². The van der Waals surface area contributed by atoms with Gasteiger partial charge in [0.05, 0.1) is 12.0 Å². The van der Waals surface area contributed by atoms with Crippen LogP contribution >= 0.6 is 11.8 Å². The summed E-state index contributed by atoms with van der Waals surface area (Å²) in [5.74, 6) is -0.345. The quantitative estimate of drug-likeness (QED) is 0.811. The second-order valence-electron chi connectivity index (χ2n) is 5.79. The van der Waals surface area contributed by atoms with Crippen molar-refractivity contribution in [2.45, 2.75) is 24.7 Å². The number of nitrogens with zero attached hydrogens (tertiary/aromatic N) is 1. The van der Waals surface area contributed by atoms with Crippen LogP contribution in [0, 0.1) is 5.41 Å². The Morgan fingerprint density at radius 1 is 1.32 bits per heavy atom. The Labute approximate surface area is 134 Å². The van der Waals surface area contributed by atoms with Crippen LogP contribution in [0.2, 0.25) is 0 Å². The molecule has 0 bridgehead atoms. The number of aliphatic hydroxyl groups excluding tert-OH is 1. The molecule has 1 fully saturated rings. The number of aliphatic carboxylic acids is 1. The van der Waals surface area contributed by atoms with Crippen LogP contribution in [0.25, 0.3) is 0 Å². The van der Waals surface area contributed by atoms with Crippen molar-refractivity contribution in [2.24, 2.45) is 5.41 Å². The fourth-order valence-electron chi connectivity index (χ4n) is 2.63. The predicted octanol–water partition coefficient (Wildman–Crippen LogP) is 2.10. The summed E-state index contributed by atoms with van der Waals surface area (Å²) in [6.45, 7) is 2.67. The summed E-state index contributed by atoms with van der Waals surface area (Å²) in [4.78, 5) is 26.5. The van der Waals surface area contributed by atoms with Crippen LogP contribution in [0.15, 0.2) is 29.2 Å². The number of carbonyl (C=O) groups is 2. The monoisotopic (exact) mass is 323 g/mol. The van der Waals surface area contributed by atoms with Crippen molar-refractivity contribution in [3.05, 3.63) is 29.8 Å². The molecule has 0 spiro atoms. The van der Waals surface area contributed by atoms with Crippen molar-refractivity contribution in [1.29, 1.82) is 0 Å². The summed E-state index contributed by atoms with van der Waals surface area (Å²) >= 11 is 1.53. The van der Waals surface area contributed by atoms with Crippen LogP contribution in [-0.4, -0.2) is 52.4 Å². The molecule has 2 rings (SSSR count). The molecular formula is C16H21NO4S. The molecule has 1 atom stereocenters. The van der Waals surface area contributed by atoms with Gasteiger partial charge < -0.3 is 15.1 Å². The Kier molecular flexibility index (Phi) is 5.47. The number of likely N-dealkylation sites (tertiary alicyclic amines) is 1. The van der Waals surface area contributed by atoms with E-state index in [1.54, 1.807) is 24.0 Å². The molecule has 1 amide bonds. The van der Waals surface area contributed by atoms with Crippen molar-refractivity contribution in [3.63, 3.8) is 0 Å². The summed E-state index contributed by atoms with van der Waals surface area (Å²) < 4.78 is 0. The van der Waals surface area contributed by atoms with E-state index in [0.717, 1.165) is 4.90 Å². The highest BCUT2D eigenvalue weighted by Crippen LogP contribution is 2.30. The van der Waals surface area contributed by atoms with Gasteiger partial charge in [-0.05, 0) is 44.0 Å². The first kappa shape index (κ1) is 16.8. The molecule has 1 aromatic carbocycles. The van der Waals surface area contributed by atoms with Gasteiger partial charge in [0.15, 0.2) is 0 Å². The van der Waals surface area contributed by atoms with E-state index >= 15 is 0 Å². The number of carbonyl (C=O) groups excluding carboxylic acids is 1. The molecule has 0 aromatic heterocycles. The Bertz CT molecular complexity index is 546. The smallest absolute Gasteiger partial charge is 0.311 e. The molecule has 0 aliphatic carbocycles. The highest BCUT2D eigenvalue weighted by atomic mass is 32.2. The first-order valence-corrected chi connectivity index (χ1v) is 8.31. The van der Waals surface area contributed by atoms with Crippen molar-refractivity contribution in [1.82, 2.24) is 4.90 Å². The van der Waals surface area contributed by atoms with E-state index in [2.05, 4.69) is 0 Å². The number of benzene rings is 1. The Balaban J connectivity index is 2.06. The lowest BCUT2D eigenvalue weighted by Crippen LogP contribution is -2.48. The van der Waals surface area contributed by atoms with E-state index in [0.29, 0.717) is 30.7 Å². The van der Waals surface area contributed by atoms with Crippen molar-refractivity contribution in [2.75, 3.05) is 25.4 Å². The summed E-state index contributed by atoms with van der Waals surface area (Å²) in [6.07, 6.45) is 1.31. The number of amides is 1. The number of carboxylic acids is 1. The van der Waals surface area contributed by atoms with Gasteiger partial charge in [-0.2, -0.15) is 0 Å². The van der Waals surface area contributed by atoms with Gasteiger partial charge >= 0.3 is 5.97 Å². The molecule has 1 aliphatic rings. The molecule has 0 radical (unpaired) electrons. The van der Waals surface area contributed by atoms with Gasteiger partial charge in [-0.15, -0.1) is 11.8 Å². The predicted molar refractivity (Wildman–Crippen MR) is 85.1 cm³/mol. The molecule has 2 N–H and O–H groups in total. The molecule has 22 heavy (non-hydrogen) atoms. The maximum Gasteiger partial charge on any atom is 0.311 e. The summed E-state index contributed by atoms with van der Waals surface area (Å²) in [6, 6.07) is 7.23. The lowest BCUT2D eigenvalue weighted by atomic mass is 9.82. The zero-order valence-corrected chi connectivity index (χ0v) is 13.4. The van der Waals surface area contributed by atoms with Crippen LogP contribution in [0.4, 0.5) is 0 Å². The van der Waals surface area contributed by atoms with Crippen LogP contribution in [0.3, 0.4) is 0 Å². The Morgan fingerprint density at radius 3 is 2.59 bits per heavy atom. The van der Waals surface area contributed by atoms with Crippen molar-refractivity contribution in [3.8, 4) is 0 Å². The molecule has 1 aromatic rings. The van der Waals surface area contributed by atoms with E-state index < -0.39 is 11.4 Å². The number of carboxylic acid groups (broad SMARTS) is 1. The van der Waals surface area contributed by atoms with E-state index in [-0.39, 0.29) is 19.1 Å². The number of rotatable bonds is 5.